The highest BCUT2D eigenvalue weighted by molar-refractivity contribution is 5.42. The summed E-state index contributed by atoms with van der Waals surface area (Å²) in [5, 5.41) is 3.40. The minimum atomic E-state index is 0.565. The lowest BCUT2D eigenvalue weighted by Crippen LogP contribution is -2.16. The molecule has 0 aromatic heterocycles. The molecule has 0 saturated heterocycles. The first-order chi connectivity index (χ1) is 7.43. The third kappa shape index (κ3) is 4.69. The quantitative estimate of drug-likeness (QED) is 0.660. The average molecular weight is 221 g/mol. The second-order valence-electron chi connectivity index (χ2n) is 4.66. The zero-order valence-corrected chi connectivity index (χ0v) is 11.7. The molecule has 0 amide bonds. The predicted octanol–water partition coefficient (Wildman–Crippen LogP) is 4.29. The summed E-state index contributed by atoms with van der Waals surface area (Å²) in [6.07, 6.45) is 4.40. The summed E-state index contributed by atoms with van der Waals surface area (Å²) in [4.78, 5) is 0. The highest BCUT2D eigenvalue weighted by Gasteiger charge is 2.08. The largest absolute Gasteiger partial charge is 0.385 e. The van der Waals surface area contributed by atoms with Crippen LogP contribution in [0.15, 0.2) is 35.6 Å². The molecular formula is C15H27N. The molecule has 1 heteroatoms. The Morgan fingerprint density at radius 2 is 1.88 bits per heavy atom. The Labute approximate surface area is 101 Å². The van der Waals surface area contributed by atoms with Crippen molar-refractivity contribution in [3.05, 3.63) is 35.6 Å². The van der Waals surface area contributed by atoms with Crippen LogP contribution in [0.5, 0.6) is 0 Å². The van der Waals surface area contributed by atoms with Crippen LogP contribution in [0.1, 0.15) is 41.5 Å². The lowest BCUT2D eigenvalue weighted by molar-refractivity contribution is 0.500. The molecule has 0 aliphatic rings. The SMILES string of the molecule is C=C(/C(=C/C(C)C(C)C)NCC)/C(C)=C/C. The number of hydrogen-bond acceptors (Lipinski definition) is 1. The molecule has 0 aliphatic carbocycles. The van der Waals surface area contributed by atoms with Gasteiger partial charge in [-0.15, -0.1) is 0 Å². The molecule has 16 heavy (non-hydrogen) atoms. The van der Waals surface area contributed by atoms with Crippen molar-refractivity contribution < 1.29 is 0 Å². The Hall–Kier alpha value is -0.980. The molecule has 1 nitrogen and oxygen atoms in total. The van der Waals surface area contributed by atoms with E-state index >= 15 is 0 Å². The first kappa shape index (κ1) is 15.0. The topological polar surface area (TPSA) is 12.0 Å². The average Bonchev–Trinajstić information content (AvgIpc) is 2.26. The molecule has 0 aromatic rings. The third-order valence-corrected chi connectivity index (χ3v) is 3.08. The van der Waals surface area contributed by atoms with Crippen LogP contribution in [0.25, 0.3) is 0 Å². The first-order valence-corrected chi connectivity index (χ1v) is 6.22. The van der Waals surface area contributed by atoms with Crippen LogP contribution in [-0.4, -0.2) is 6.54 Å². The second-order valence-corrected chi connectivity index (χ2v) is 4.66. The molecule has 0 bridgehead atoms. The van der Waals surface area contributed by atoms with E-state index in [0.29, 0.717) is 11.8 Å². The maximum atomic E-state index is 4.16. The van der Waals surface area contributed by atoms with Gasteiger partial charge in [-0.2, -0.15) is 0 Å². The van der Waals surface area contributed by atoms with Crippen LogP contribution >= 0.6 is 0 Å². The molecule has 0 aliphatic heterocycles. The fourth-order valence-electron chi connectivity index (χ4n) is 1.30. The minimum absolute atomic E-state index is 0.565. The van der Waals surface area contributed by atoms with Crippen LogP contribution in [0.4, 0.5) is 0 Å². The molecule has 0 spiro atoms. The van der Waals surface area contributed by atoms with Crippen molar-refractivity contribution in [3.63, 3.8) is 0 Å². The molecular weight excluding hydrogens is 194 g/mol. The van der Waals surface area contributed by atoms with Crippen molar-refractivity contribution in [1.82, 2.24) is 5.32 Å². The van der Waals surface area contributed by atoms with E-state index in [4.69, 9.17) is 0 Å². The Bertz CT molecular complexity index is 282. The van der Waals surface area contributed by atoms with Gasteiger partial charge in [0.15, 0.2) is 0 Å². The molecule has 1 atom stereocenters. The van der Waals surface area contributed by atoms with Gasteiger partial charge < -0.3 is 5.32 Å². The molecule has 0 fully saturated rings. The van der Waals surface area contributed by atoms with E-state index < -0.39 is 0 Å². The summed E-state index contributed by atoms with van der Waals surface area (Å²) < 4.78 is 0. The lowest BCUT2D eigenvalue weighted by Gasteiger charge is -2.17. The second kappa shape index (κ2) is 7.32. The highest BCUT2D eigenvalue weighted by atomic mass is 14.9. The summed E-state index contributed by atoms with van der Waals surface area (Å²) in [5.74, 6) is 1.22. The monoisotopic (exact) mass is 221 g/mol. The molecule has 0 aromatic carbocycles. The van der Waals surface area contributed by atoms with Gasteiger partial charge in [0.05, 0.1) is 0 Å². The fourth-order valence-corrected chi connectivity index (χ4v) is 1.30. The summed E-state index contributed by atoms with van der Waals surface area (Å²) in [6, 6.07) is 0. The summed E-state index contributed by atoms with van der Waals surface area (Å²) in [7, 11) is 0. The van der Waals surface area contributed by atoms with E-state index in [1.807, 2.05) is 0 Å². The van der Waals surface area contributed by atoms with Crippen LogP contribution < -0.4 is 5.32 Å². The fraction of sp³-hybridized carbons (Fsp3) is 0.600. The normalized spacial score (nSPS) is 15.2. The van der Waals surface area contributed by atoms with Gasteiger partial charge in [-0.25, -0.2) is 0 Å². The predicted molar refractivity (Wildman–Crippen MR) is 74.3 cm³/mol. The number of nitrogens with one attached hydrogen (secondary N) is 1. The van der Waals surface area contributed by atoms with Crippen LogP contribution in [0.3, 0.4) is 0 Å². The van der Waals surface area contributed by atoms with Crippen molar-refractivity contribution in [1.29, 1.82) is 0 Å². The van der Waals surface area contributed by atoms with Gasteiger partial charge in [-0.1, -0.05) is 39.5 Å². The highest BCUT2D eigenvalue weighted by Crippen LogP contribution is 2.20. The molecule has 0 heterocycles. The van der Waals surface area contributed by atoms with Gasteiger partial charge in [-0.05, 0) is 43.8 Å². The third-order valence-electron chi connectivity index (χ3n) is 3.08. The van der Waals surface area contributed by atoms with Gasteiger partial charge in [0.2, 0.25) is 0 Å². The van der Waals surface area contributed by atoms with Crippen molar-refractivity contribution in [3.8, 4) is 0 Å². The Morgan fingerprint density at radius 1 is 1.31 bits per heavy atom. The van der Waals surface area contributed by atoms with Crippen LogP contribution in [-0.2, 0) is 0 Å². The standard InChI is InChI=1S/C15H27N/c1-8-12(5)14(7)15(16-9-2)10-13(6)11(3)4/h8,10-11,13,16H,7,9H2,1-6H3/b12-8+,15-10-. The van der Waals surface area contributed by atoms with E-state index in [9.17, 15) is 0 Å². The Morgan fingerprint density at radius 3 is 2.25 bits per heavy atom. The van der Waals surface area contributed by atoms with Gasteiger partial charge in [0.25, 0.3) is 0 Å². The van der Waals surface area contributed by atoms with Crippen molar-refractivity contribution in [2.45, 2.75) is 41.5 Å². The Balaban J connectivity index is 4.93. The van der Waals surface area contributed by atoms with Gasteiger partial charge >= 0.3 is 0 Å². The lowest BCUT2D eigenvalue weighted by atomic mass is 9.94. The minimum Gasteiger partial charge on any atom is -0.385 e. The van der Waals surface area contributed by atoms with Crippen molar-refractivity contribution in [2.75, 3.05) is 6.54 Å². The molecule has 0 saturated carbocycles. The van der Waals surface area contributed by atoms with Crippen LogP contribution in [0.2, 0.25) is 0 Å². The zero-order valence-electron chi connectivity index (χ0n) is 11.7. The number of rotatable bonds is 6. The summed E-state index contributed by atoms with van der Waals surface area (Å²) in [5.41, 5.74) is 3.53. The Kier molecular flexibility index (Phi) is 6.87. The van der Waals surface area contributed by atoms with E-state index in [2.05, 4.69) is 65.6 Å². The van der Waals surface area contributed by atoms with E-state index in [0.717, 1.165) is 12.1 Å². The van der Waals surface area contributed by atoms with Gasteiger partial charge in [0.1, 0.15) is 0 Å². The van der Waals surface area contributed by atoms with Crippen LogP contribution in [0, 0.1) is 11.8 Å². The molecule has 1 unspecified atom stereocenters. The first-order valence-electron chi connectivity index (χ1n) is 6.22. The maximum absolute atomic E-state index is 4.16. The number of hydrogen-bond donors (Lipinski definition) is 1. The van der Waals surface area contributed by atoms with Crippen molar-refractivity contribution in [2.24, 2.45) is 11.8 Å². The van der Waals surface area contributed by atoms with Gasteiger partial charge in [0, 0.05) is 12.2 Å². The van der Waals surface area contributed by atoms with E-state index in [1.165, 1.54) is 11.3 Å². The van der Waals surface area contributed by atoms with E-state index in [-0.39, 0.29) is 0 Å². The molecule has 0 rings (SSSR count). The molecule has 0 radical (unpaired) electrons. The number of likely N-dealkylation sites (N-methyl/N-ethyl adjacent to an activating group) is 1. The summed E-state index contributed by atoms with van der Waals surface area (Å²) >= 11 is 0. The molecule has 1 N–H and O–H groups in total. The number of allylic oxidation sites excluding steroid dienone is 3. The molecule has 92 valence electrons. The summed E-state index contributed by atoms with van der Waals surface area (Å²) in [6.45, 7) is 18.1. The smallest absolute Gasteiger partial charge is 0.0372 e. The van der Waals surface area contributed by atoms with E-state index in [1.54, 1.807) is 0 Å². The maximum Gasteiger partial charge on any atom is 0.0372 e. The zero-order chi connectivity index (χ0) is 12.7. The van der Waals surface area contributed by atoms with Crippen molar-refractivity contribution >= 4 is 0 Å². The van der Waals surface area contributed by atoms with Gasteiger partial charge in [-0.3, -0.25) is 0 Å².